The van der Waals surface area contributed by atoms with E-state index in [9.17, 15) is 9.90 Å². The SMILES string of the molecule is CNc1cc(C(=O)O)ccc1C1CC2(CCN1Cc1c(OC)cc(C)c3[nH]ccc13)CC2. The van der Waals surface area contributed by atoms with E-state index in [0.29, 0.717) is 11.0 Å². The maximum Gasteiger partial charge on any atom is 0.335 e. The summed E-state index contributed by atoms with van der Waals surface area (Å²) in [5.74, 6) is 0.0292. The number of fused-ring (bicyclic) bond motifs is 1. The van der Waals surface area contributed by atoms with E-state index in [0.717, 1.165) is 36.5 Å². The molecule has 5 rings (SSSR count). The topological polar surface area (TPSA) is 77.6 Å². The first kappa shape index (κ1) is 20.9. The molecule has 2 aliphatic rings. The Kier molecular flexibility index (Phi) is 5.13. The van der Waals surface area contributed by atoms with Gasteiger partial charge >= 0.3 is 5.97 Å². The smallest absolute Gasteiger partial charge is 0.335 e. The second-order valence-electron chi connectivity index (χ2n) is 9.44. The predicted octanol–water partition coefficient (Wildman–Crippen LogP) is 5.34. The van der Waals surface area contributed by atoms with Gasteiger partial charge in [0.15, 0.2) is 0 Å². The van der Waals surface area contributed by atoms with Crippen LogP contribution in [0.5, 0.6) is 5.75 Å². The lowest BCUT2D eigenvalue weighted by Gasteiger charge is -2.41. The average molecular weight is 434 g/mol. The third-order valence-electron chi connectivity index (χ3n) is 7.57. The first-order chi connectivity index (χ1) is 15.4. The second-order valence-corrected chi connectivity index (χ2v) is 9.44. The van der Waals surface area contributed by atoms with Gasteiger partial charge in [-0.3, -0.25) is 4.90 Å². The van der Waals surface area contributed by atoms with Crippen molar-refractivity contribution in [3.63, 3.8) is 0 Å². The molecule has 6 nitrogen and oxygen atoms in total. The zero-order valence-corrected chi connectivity index (χ0v) is 19.0. The molecule has 1 atom stereocenters. The number of anilines is 1. The van der Waals surface area contributed by atoms with Crippen LogP contribution in [0.25, 0.3) is 10.9 Å². The molecule has 2 aromatic carbocycles. The first-order valence-electron chi connectivity index (χ1n) is 11.4. The Bertz CT molecular complexity index is 1180. The van der Waals surface area contributed by atoms with Gasteiger partial charge in [0.25, 0.3) is 0 Å². The average Bonchev–Trinajstić information content (AvgIpc) is 3.35. The molecule has 1 aromatic heterocycles. The summed E-state index contributed by atoms with van der Waals surface area (Å²) in [6.45, 7) is 3.93. The van der Waals surface area contributed by atoms with Crippen molar-refractivity contribution in [1.29, 1.82) is 0 Å². The molecule has 1 saturated carbocycles. The summed E-state index contributed by atoms with van der Waals surface area (Å²) in [7, 11) is 3.62. The monoisotopic (exact) mass is 433 g/mol. The molecule has 1 spiro atoms. The Morgan fingerprint density at radius 2 is 2.09 bits per heavy atom. The van der Waals surface area contributed by atoms with Crippen LogP contribution in [-0.2, 0) is 6.54 Å². The normalized spacial score (nSPS) is 19.9. The van der Waals surface area contributed by atoms with Crippen molar-refractivity contribution in [3.05, 3.63) is 58.8 Å². The van der Waals surface area contributed by atoms with Gasteiger partial charge in [0.2, 0.25) is 0 Å². The van der Waals surface area contributed by atoms with Gasteiger partial charge in [-0.25, -0.2) is 4.79 Å². The zero-order chi connectivity index (χ0) is 22.5. The summed E-state index contributed by atoms with van der Waals surface area (Å²) < 4.78 is 5.81. The Morgan fingerprint density at radius 1 is 1.28 bits per heavy atom. The molecule has 1 saturated heterocycles. The summed E-state index contributed by atoms with van der Waals surface area (Å²) in [4.78, 5) is 17.5. The Hall–Kier alpha value is -2.99. The second kappa shape index (κ2) is 7.85. The molecule has 3 N–H and O–H groups in total. The zero-order valence-electron chi connectivity index (χ0n) is 19.0. The molecule has 1 aliphatic heterocycles. The number of ether oxygens (including phenoxy) is 1. The number of hydrogen-bond donors (Lipinski definition) is 3. The van der Waals surface area contributed by atoms with Crippen LogP contribution in [0.4, 0.5) is 5.69 Å². The van der Waals surface area contributed by atoms with Crippen molar-refractivity contribution in [2.24, 2.45) is 5.41 Å². The number of rotatable bonds is 6. The number of benzene rings is 2. The van der Waals surface area contributed by atoms with E-state index >= 15 is 0 Å². The highest BCUT2D eigenvalue weighted by molar-refractivity contribution is 5.89. The Labute approximate surface area is 188 Å². The van der Waals surface area contributed by atoms with E-state index in [2.05, 4.69) is 34.3 Å². The number of nitrogens with one attached hydrogen (secondary N) is 2. The quantitative estimate of drug-likeness (QED) is 0.489. The van der Waals surface area contributed by atoms with E-state index < -0.39 is 5.97 Å². The Morgan fingerprint density at radius 3 is 2.78 bits per heavy atom. The van der Waals surface area contributed by atoms with Gasteiger partial charge in [0.05, 0.1) is 12.7 Å². The predicted molar refractivity (Wildman–Crippen MR) is 127 cm³/mol. The lowest BCUT2D eigenvalue weighted by Crippen LogP contribution is -2.37. The van der Waals surface area contributed by atoms with Gasteiger partial charge in [0.1, 0.15) is 5.75 Å². The van der Waals surface area contributed by atoms with Crippen LogP contribution in [0.15, 0.2) is 36.5 Å². The highest BCUT2D eigenvalue weighted by atomic mass is 16.5. The van der Waals surface area contributed by atoms with Crippen LogP contribution in [0.2, 0.25) is 0 Å². The van der Waals surface area contributed by atoms with Gasteiger partial charge < -0.3 is 20.1 Å². The molecule has 32 heavy (non-hydrogen) atoms. The van der Waals surface area contributed by atoms with Crippen molar-refractivity contribution >= 4 is 22.6 Å². The number of aromatic carboxylic acids is 1. The number of methoxy groups -OCH3 is 1. The van der Waals surface area contributed by atoms with E-state index in [1.54, 1.807) is 19.2 Å². The van der Waals surface area contributed by atoms with Crippen LogP contribution in [0, 0.1) is 12.3 Å². The first-order valence-corrected chi connectivity index (χ1v) is 11.4. The number of H-pyrrole nitrogens is 1. The van der Waals surface area contributed by atoms with Crippen molar-refractivity contribution in [3.8, 4) is 5.75 Å². The molecular formula is C26H31N3O3. The van der Waals surface area contributed by atoms with Crippen LogP contribution in [0.3, 0.4) is 0 Å². The van der Waals surface area contributed by atoms with E-state index in [1.807, 2.05) is 19.3 Å². The third kappa shape index (κ3) is 3.52. The number of nitrogens with zero attached hydrogens (tertiary/aromatic N) is 1. The molecule has 6 heteroatoms. The minimum atomic E-state index is -0.897. The maximum atomic E-state index is 11.5. The number of carboxylic acids is 1. The third-order valence-corrected chi connectivity index (χ3v) is 7.57. The standard InChI is InChI=1S/C26H31N3O3/c1-16-12-23(32-3)20(18-6-10-28-24(16)18)15-29-11-9-26(7-8-26)14-22(29)19-5-4-17(25(30)31)13-21(19)27-2/h4-6,10,12-13,22,27-28H,7-9,11,14-15H2,1-3H3,(H,30,31). The van der Waals surface area contributed by atoms with E-state index in [1.165, 1.54) is 41.3 Å². The summed E-state index contributed by atoms with van der Waals surface area (Å²) in [5, 5.41) is 13.9. The van der Waals surface area contributed by atoms with Gasteiger partial charge in [-0.15, -0.1) is 0 Å². The fraction of sp³-hybridized carbons (Fsp3) is 0.423. The van der Waals surface area contributed by atoms with Crippen molar-refractivity contribution in [2.75, 3.05) is 26.0 Å². The maximum absolute atomic E-state index is 11.5. The number of aromatic amines is 1. The summed E-state index contributed by atoms with van der Waals surface area (Å²) in [5.41, 5.74) is 6.41. The molecule has 1 unspecified atom stereocenters. The summed E-state index contributed by atoms with van der Waals surface area (Å²) in [6.07, 6.45) is 6.93. The van der Waals surface area contributed by atoms with Gasteiger partial charge in [-0.05, 0) is 80.0 Å². The molecule has 0 radical (unpaired) electrons. The largest absolute Gasteiger partial charge is 0.496 e. The molecule has 1 aliphatic carbocycles. The fourth-order valence-corrected chi connectivity index (χ4v) is 5.49. The Balaban J connectivity index is 1.55. The van der Waals surface area contributed by atoms with Gasteiger partial charge in [0, 0.05) is 48.0 Å². The molecule has 2 fully saturated rings. The number of piperidine rings is 1. The molecular weight excluding hydrogens is 402 g/mol. The summed E-state index contributed by atoms with van der Waals surface area (Å²) >= 11 is 0. The number of carbonyl (C=O) groups is 1. The number of hydrogen-bond acceptors (Lipinski definition) is 4. The van der Waals surface area contributed by atoms with Gasteiger partial charge in [-0.1, -0.05) is 6.07 Å². The van der Waals surface area contributed by atoms with Crippen LogP contribution in [-0.4, -0.2) is 41.7 Å². The number of aryl methyl sites for hydroxylation is 1. The fourth-order valence-electron chi connectivity index (χ4n) is 5.49. The lowest BCUT2D eigenvalue weighted by atomic mass is 9.83. The minimum absolute atomic E-state index is 0.233. The minimum Gasteiger partial charge on any atom is -0.496 e. The molecule has 3 aromatic rings. The number of likely N-dealkylation sites (tertiary alicyclic amines) is 1. The van der Waals surface area contributed by atoms with E-state index in [4.69, 9.17) is 4.74 Å². The van der Waals surface area contributed by atoms with Crippen LogP contribution in [0.1, 0.15) is 58.8 Å². The van der Waals surface area contributed by atoms with Crippen molar-refractivity contribution in [1.82, 2.24) is 9.88 Å². The molecule has 168 valence electrons. The lowest BCUT2D eigenvalue weighted by molar-refractivity contribution is 0.0696. The van der Waals surface area contributed by atoms with E-state index in [-0.39, 0.29) is 6.04 Å². The molecule has 2 heterocycles. The molecule has 0 amide bonds. The molecule has 0 bridgehead atoms. The highest BCUT2D eigenvalue weighted by Gasteiger charge is 2.48. The van der Waals surface area contributed by atoms with Crippen LogP contribution >= 0.6 is 0 Å². The summed E-state index contributed by atoms with van der Waals surface area (Å²) in [6, 6.07) is 10.0. The van der Waals surface area contributed by atoms with Crippen molar-refractivity contribution in [2.45, 2.75) is 45.2 Å². The number of aromatic nitrogens is 1. The van der Waals surface area contributed by atoms with Crippen LogP contribution < -0.4 is 10.1 Å². The number of carboxylic acid groups (broad SMARTS) is 1. The van der Waals surface area contributed by atoms with Gasteiger partial charge in [-0.2, -0.15) is 0 Å². The highest BCUT2D eigenvalue weighted by Crippen LogP contribution is 2.59. The van der Waals surface area contributed by atoms with Crippen molar-refractivity contribution < 1.29 is 14.6 Å².